The summed E-state index contributed by atoms with van der Waals surface area (Å²) in [6, 6.07) is 5.19. The fourth-order valence-corrected chi connectivity index (χ4v) is 3.42. The lowest BCUT2D eigenvalue weighted by Crippen LogP contribution is -2.54. The van der Waals surface area contributed by atoms with E-state index in [2.05, 4.69) is 34.3 Å². The Morgan fingerprint density at radius 1 is 1.03 bits per heavy atom. The number of carbonyl (C=O) groups excluding carboxylic acids is 2. The van der Waals surface area contributed by atoms with Crippen molar-refractivity contribution in [3.63, 3.8) is 0 Å². The molecular formula is C21H32N4O4. The van der Waals surface area contributed by atoms with Crippen LogP contribution in [0.1, 0.15) is 20.8 Å². The molecule has 2 N–H and O–H groups in total. The van der Waals surface area contributed by atoms with Gasteiger partial charge in [0.05, 0.1) is 12.6 Å². The first kappa shape index (κ1) is 21.4. The van der Waals surface area contributed by atoms with E-state index in [0.29, 0.717) is 49.4 Å². The maximum absolute atomic E-state index is 12.7. The van der Waals surface area contributed by atoms with Gasteiger partial charge in [0.15, 0.2) is 11.5 Å². The van der Waals surface area contributed by atoms with E-state index in [4.69, 9.17) is 9.47 Å². The summed E-state index contributed by atoms with van der Waals surface area (Å²) in [4.78, 5) is 29.0. The average molecular weight is 405 g/mol. The highest BCUT2D eigenvalue weighted by Gasteiger charge is 2.26. The van der Waals surface area contributed by atoms with Crippen LogP contribution >= 0.6 is 0 Å². The minimum atomic E-state index is -0.250. The second-order valence-corrected chi connectivity index (χ2v) is 8.03. The Bertz CT molecular complexity index is 717. The lowest BCUT2D eigenvalue weighted by atomic mass is 10.2. The molecule has 2 amide bonds. The van der Waals surface area contributed by atoms with Crippen LogP contribution in [0.3, 0.4) is 0 Å². The second-order valence-electron chi connectivity index (χ2n) is 8.03. The molecular weight excluding hydrogens is 372 g/mol. The molecule has 0 aromatic heterocycles. The highest BCUT2D eigenvalue weighted by atomic mass is 16.6. The number of fused-ring (bicyclic) bond motifs is 1. The Balaban J connectivity index is 1.44. The summed E-state index contributed by atoms with van der Waals surface area (Å²) < 4.78 is 11.1. The van der Waals surface area contributed by atoms with Gasteiger partial charge in [-0.25, -0.2) is 0 Å². The van der Waals surface area contributed by atoms with Crippen molar-refractivity contribution in [2.45, 2.75) is 26.8 Å². The summed E-state index contributed by atoms with van der Waals surface area (Å²) in [6.07, 6.45) is 0. The molecule has 0 spiro atoms. The number of amides is 2. The number of nitrogens with zero attached hydrogens (tertiary/aromatic N) is 2. The van der Waals surface area contributed by atoms with Gasteiger partial charge in [-0.1, -0.05) is 13.8 Å². The van der Waals surface area contributed by atoms with Crippen molar-refractivity contribution in [2.75, 3.05) is 57.8 Å². The van der Waals surface area contributed by atoms with Crippen molar-refractivity contribution in [3.8, 4) is 11.5 Å². The summed E-state index contributed by atoms with van der Waals surface area (Å²) in [6.45, 7) is 11.3. The summed E-state index contributed by atoms with van der Waals surface area (Å²) in [5.74, 6) is 1.83. The lowest BCUT2D eigenvalue weighted by molar-refractivity contribution is -0.124. The van der Waals surface area contributed by atoms with E-state index in [0.717, 1.165) is 26.2 Å². The largest absolute Gasteiger partial charge is 0.486 e. The van der Waals surface area contributed by atoms with E-state index < -0.39 is 0 Å². The number of hydrogen-bond acceptors (Lipinski definition) is 6. The predicted molar refractivity (Wildman–Crippen MR) is 111 cm³/mol. The van der Waals surface area contributed by atoms with Crippen LogP contribution < -0.4 is 20.1 Å². The van der Waals surface area contributed by atoms with Gasteiger partial charge in [0.25, 0.3) is 0 Å². The molecule has 29 heavy (non-hydrogen) atoms. The lowest BCUT2D eigenvalue weighted by Gasteiger charge is -2.37. The number of hydrogen-bond donors (Lipinski definition) is 2. The molecule has 1 fully saturated rings. The summed E-state index contributed by atoms with van der Waals surface area (Å²) in [5, 5.41) is 5.92. The maximum Gasteiger partial charge on any atom is 0.241 e. The predicted octanol–water partition coefficient (Wildman–Crippen LogP) is 1.17. The maximum atomic E-state index is 12.7. The second kappa shape index (κ2) is 9.93. The van der Waals surface area contributed by atoms with Gasteiger partial charge in [-0.3, -0.25) is 19.4 Å². The number of piperazine rings is 1. The van der Waals surface area contributed by atoms with Crippen molar-refractivity contribution in [3.05, 3.63) is 18.2 Å². The first-order valence-corrected chi connectivity index (χ1v) is 10.4. The van der Waals surface area contributed by atoms with Crippen molar-refractivity contribution in [1.29, 1.82) is 0 Å². The van der Waals surface area contributed by atoms with Crippen LogP contribution in [0.4, 0.5) is 5.69 Å². The number of benzene rings is 1. The molecule has 1 saturated heterocycles. The molecule has 1 aromatic rings. The average Bonchev–Trinajstić information content (AvgIpc) is 2.72. The van der Waals surface area contributed by atoms with Crippen LogP contribution in [-0.4, -0.2) is 80.1 Å². The quantitative estimate of drug-likeness (QED) is 0.710. The molecule has 2 heterocycles. The van der Waals surface area contributed by atoms with E-state index in [1.54, 1.807) is 6.07 Å². The molecule has 8 nitrogen and oxygen atoms in total. The van der Waals surface area contributed by atoms with Crippen molar-refractivity contribution in [2.24, 2.45) is 5.92 Å². The zero-order valence-electron chi connectivity index (χ0n) is 17.6. The van der Waals surface area contributed by atoms with Crippen molar-refractivity contribution >= 4 is 17.5 Å². The van der Waals surface area contributed by atoms with E-state index in [9.17, 15) is 9.59 Å². The van der Waals surface area contributed by atoms with Crippen LogP contribution in [0.2, 0.25) is 0 Å². The van der Waals surface area contributed by atoms with Gasteiger partial charge in [-0.05, 0) is 25.0 Å². The van der Waals surface area contributed by atoms with Gasteiger partial charge >= 0.3 is 0 Å². The van der Waals surface area contributed by atoms with Crippen LogP contribution in [0.5, 0.6) is 11.5 Å². The first-order valence-electron chi connectivity index (χ1n) is 10.4. The van der Waals surface area contributed by atoms with E-state index in [1.807, 2.05) is 19.1 Å². The van der Waals surface area contributed by atoms with E-state index in [1.165, 1.54) is 0 Å². The minimum Gasteiger partial charge on any atom is -0.486 e. The summed E-state index contributed by atoms with van der Waals surface area (Å²) >= 11 is 0. The molecule has 3 rings (SSSR count). The monoisotopic (exact) mass is 404 g/mol. The van der Waals surface area contributed by atoms with Gasteiger partial charge in [0.1, 0.15) is 13.2 Å². The Morgan fingerprint density at radius 2 is 1.72 bits per heavy atom. The third-order valence-electron chi connectivity index (χ3n) is 5.22. The molecule has 1 atom stereocenters. The van der Waals surface area contributed by atoms with Gasteiger partial charge in [-0.2, -0.15) is 0 Å². The molecule has 8 heteroatoms. The molecule has 1 unspecified atom stereocenters. The number of carbonyl (C=O) groups is 2. The number of ether oxygens (including phenoxy) is 2. The Labute approximate surface area is 172 Å². The fourth-order valence-electron chi connectivity index (χ4n) is 3.42. The Kier molecular flexibility index (Phi) is 7.33. The van der Waals surface area contributed by atoms with E-state index in [-0.39, 0.29) is 17.9 Å². The first-order chi connectivity index (χ1) is 13.9. The van der Waals surface area contributed by atoms with Gasteiger partial charge in [-0.15, -0.1) is 0 Å². The molecule has 0 radical (unpaired) electrons. The number of nitrogens with one attached hydrogen (secondary N) is 2. The van der Waals surface area contributed by atoms with Crippen LogP contribution in [0.15, 0.2) is 18.2 Å². The fraction of sp³-hybridized carbons (Fsp3) is 0.619. The van der Waals surface area contributed by atoms with Gasteiger partial charge < -0.3 is 20.1 Å². The smallest absolute Gasteiger partial charge is 0.241 e. The molecule has 0 bridgehead atoms. The van der Waals surface area contributed by atoms with Gasteiger partial charge in [0.2, 0.25) is 11.8 Å². The van der Waals surface area contributed by atoms with Crippen molar-refractivity contribution in [1.82, 2.24) is 15.1 Å². The third kappa shape index (κ3) is 6.08. The molecule has 0 aliphatic carbocycles. The Hall–Kier alpha value is -2.32. The van der Waals surface area contributed by atoms with Crippen LogP contribution in [0.25, 0.3) is 0 Å². The molecule has 2 aliphatic heterocycles. The number of anilines is 1. The topological polar surface area (TPSA) is 83.1 Å². The zero-order chi connectivity index (χ0) is 20.8. The number of rotatable bonds is 7. The Morgan fingerprint density at radius 3 is 2.41 bits per heavy atom. The molecule has 160 valence electrons. The van der Waals surface area contributed by atoms with Crippen molar-refractivity contribution < 1.29 is 19.1 Å². The summed E-state index contributed by atoms with van der Waals surface area (Å²) in [7, 11) is 0. The zero-order valence-corrected chi connectivity index (χ0v) is 17.6. The molecule has 0 saturated carbocycles. The van der Waals surface area contributed by atoms with E-state index >= 15 is 0 Å². The third-order valence-corrected chi connectivity index (χ3v) is 5.22. The van der Waals surface area contributed by atoms with Gasteiger partial charge in [0, 0.05) is 44.5 Å². The SMILES string of the molecule is CC(C)CNC(=O)CN1CCN(C(C)C(=O)Nc2ccc3c(c2)OCCO3)CC1. The highest BCUT2D eigenvalue weighted by molar-refractivity contribution is 5.94. The summed E-state index contributed by atoms with van der Waals surface area (Å²) in [5.41, 5.74) is 0.701. The standard InChI is InChI=1S/C21H32N4O4/c1-15(2)13-22-20(26)14-24-6-8-25(9-7-24)16(3)21(27)23-17-4-5-18-19(12-17)29-11-10-28-18/h4-5,12,15-16H,6-11,13-14H2,1-3H3,(H,22,26)(H,23,27). The normalized spacial score (nSPS) is 18.3. The minimum absolute atomic E-state index is 0.0511. The van der Waals surface area contributed by atoms with Crippen LogP contribution in [0, 0.1) is 5.92 Å². The molecule has 1 aromatic carbocycles. The van der Waals surface area contributed by atoms with Crippen LogP contribution in [-0.2, 0) is 9.59 Å². The highest BCUT2D eigenvalue weighted by Crippen LogP contribution is 2.32. The molecule has 2 aliphatic rings.